The van der Waals surface area contributed by atoms with E-state index in [2.05, 4.69) is 15.5 Å². The molecular weight excluding hydrogens is 395 g/mol. The third-order valence-electron chi connectivity index (χ3n) is 3.89. The number of carbonyl (C=O) groups is 1. The molecule has 0 fully saturated rings. The van der Waals surface area contributed by atoms with Crippen molar-refractivity contribution < 1.29 is 22.4 Å². The zero-order valence-corrected chi connectivity index (χ0v) is 15.4. The number of benzene rings is 2. The van der Waals surface area contributed by atoms with Crippen molar-refractivity contribution in [3.63, 3.8) is 0 Å². The average molecular weight is 410 g/mol. The van der Waals surface area contributed by atoms with Crippen LogP contribution in [0.15, 0.2) is 46.9 Å². The van der Waals surface area contributed by atoms with E-state index in [1.165, 1.54) is 6.07 Å². The van der Waals surface area contributed by atoms with Gasteiger partial charge in [-0.05, 0) is 37.3 Å². The maximum atomic E-state index is 12.9. The molecule has 3 aromatic rings. The van der Waals surface area contributed by atoms with E-state index >= 15 is 0 Å². The van der Waals surface area contributed by atoms with Gasteiger partial charge in [0.05, 0.1) is 10.6 Å². The number of halogens is 4. The van der Waals surface area contributed by atoms with Crippen LogP contribution in [0.2, 0.25) is 5.02 Å². The van der Waals surface area contributed by atoms with Gasteiger partial charge in [0.15, 0.2) is 0 Å². The zero-order chi connectivity index (χ0) is 20.3. The first-order chi connectivity index (χ1) is 13.2. The number of aryl methyl sites for hydroxylation is 2. The lowest BCUT2D eigenvalue weighted by Crippen LogP contribution is -2.14. The predicted molar refractivity (Wildman–Crippen MR) is 97.9 cm³/mol. The van der Waals surface area contributed by atoms with E-state index in [0.29, 0.717) is 5.89 Å². The minimum atomic E-state index is -4.60. The van der Waals surface area contributed by atoms with Crippen LogP contribution in [0.25, 0.3) is 11.5 Å². The van der Waals surface area contributed by atoms with Crippen LogP contribution in [0, 0.1) is 6.92 Å². The first-order valence-corrected chi connectivity index (χ1v) is 8.66. The Balaban J connectivity index is 1.60. The van der Waals surface area contributed by atoms with E-state index < -0.39 is 22.7 Å². The van der Waals surface area contributed by atoms with Crippen LogP contribution in [0.5, 0.6) is 0 Å². The van der Waals surface area contributed by atoms with Crippen LogP contribution < -0.4 is 5.32 Å². The molecule has 3 rings (SSSR count). The van der Waals surface area contributed by atoms with Crippen molar-refractivity contribution in [3.8, 4) is 11.5 Å². The highest BCUT2D eigenvalue weighted by Crippen LogP contribution is 2.36. The summed E-state index contributed by atoms with van der Waals surface area (Å²) in [6, 6.07) is 10.7. The third kappa shape index (κ3) is 4.89. The predicted octanol–water partition coefficient (Wildman–Crippen LogP) is 5.29. The summed E-state index contributed by atoms with van der Waals surface area (Å²) in [6.07, 6.45) is -4.47. The van der Waals surface area contributed by atoms with Crippen LogP contribution in [-0.2, 0) is 17.4 Å². The van der Waals surface area contributed by atoms with Gasteiger partial charge in [-0.1, -0.05) is 29.3 Å². The Morgan fingerprint density at radius 1 is 1.14 bits per heavy atom. The number of hydrogen-bond donors (Lipinski definition) is 1. The Morgan fingerprint density at radius 3 is 2.54 bits per heavy atom. The van der Waals surface area contributed by atoms with Crippen molar-refractivity contribution in [3.05, 3.63) is 64.5 Å². The number of nitrogens with zero attached hydrogens (tertiary/aromatic N) is 2. The van der Waals surface area contributed by atoms with Gasteiger partial charge in [0.1, 0.15) is 0 Å². The molecule has 0 radical (unpaired) electrons. The molecule has 2 aromatic carbocycles. The Hall–Kier alpha value is -2.87. The highest BCUT2D eigenvalue weighted by molar-refractivity contribution is 6.31. The van der Waals surface area contributed by atoms with Gasteiger partial charge in [-0.15, -0.1) is 10.2 Å². The number of aromatic nitrogens is 2. The molecule has 0 saturated carbocycles. The van der Waals surface area contributed by atoms with Crippen LogP contribution >= 0.6 is 11.6 Å². The second kappa shape index (κ2) is 8.02. The van der Waals surface area contributed by atoms with Crippen molar-refractivity contribution in [2.75, 3.05) is 5.32 Å². The second-order valence-electron chi connectivity index (χ2n) is 6.11. The fraction of sp³-hybridized carbons (Fsp3) is 0.211. The summed E-state index contributed by atoms with van der Waals surface area (Å²) >= 11 is 5.56. The largest absolute Gasteiger partial charge is 0.421 e. The molecular formula is C19H15ClF3N3O2. The summed E-state index contributed by atoms with van der Waals surface area (Å²) in [6.45, 7) is 1.96. The van der Waals surface area contributed by atoms with Gasteiger partial charge in [-0.3, -0.25) is 4.79 Å². The maximum absolute atomic E-state index is 12.9. The lowest BCUT2D eigenvalue weighted by Gasteiger charge is -2.11. The first kappa shape index (κ1) is 19.9. The molecule has 0 atom stereocenters. The van der Waals surface area contributed by atoms with Gasteiger partial charge < -0.3 is 9.73 Å². The molecule has 1 heterocycles. The Labute approximate surface area is 163 Å². The van der Waals surface area contributed by atoms with Crippen molar-refractivity contribution in [1.29, 1.82) is 0 Å². The lowest BCUT2D eigenvalue weighted by molar-refractivity contribution is -0.137. The van der Waals surface area contributed by atoms with Crippen molar-refractivity contribution in [1.82, 2.24) is 10.2 Å². The third-order valence-corrected chi connectivity index (χ3v) is 4.22. The van der Waals surface area contributed by atoms with Gasteiger partial charge in [-0.25, -0.2) is 0 Å². The molecule has 1 amide bonds. The van der Waals surface area contributed by atoms with Crippen LogP contribution in [0.3, 0.4) is 0 Å². The Kier molecular flexibility index (Phi) is 5.69. The fourth-order valence-electron chi connectivity index (χ4n) is 2.43. The van der Waals surface area contributed by atoms with Crippen molar-refractivity contribution in [2.45, 2.75) is 25.9 Å². The zero-order valence-electron chi connectivity index (χ0n) is 14.7. The fourth-order valence-corrected chi connectivity index (χ4v) is 2.66. The summed E-state index contributed by atoms with van der Waals surface area (Å²) in [5.74, 6) is 0.117. The second-order valence-corrected chi connectivity index (χ2v) is 6.51. The molecule has 0 aliphatic carbocycles. The minimum Gasteiger partial charge on any atom is -0.421 e. The average Bonchev–Trinajstić information content (AvgIpc) is 3.10. The number of rotatable bonds is 5. The minimum absolute atomic E-state index is 0.00704. The monoisotopic (exact) mass is 409 g/mol. The molecule has 0 saturated heterocycles. The van der Waals surface area contributed by atoms with E-state index in [9.17, 15) is 18.0 Å². The standard InChI is InChI=1S/C19H15ClF3N3O2/c1-11-2-4-12(5-3-11)18-26-25-17(28-18)9-8-16(27)24-13-6-7-15(20)14(10-13)19(21,22)23/h2-7,10H,8-9H2,1H3,(H,24,27). The molecule has 9 heteroatoms. The molecule has 28 heavy (non-hydrogen) atoms. The topological polar surface area (TPSA) is 68.0 Å². The lowest BCUT2D eigenvalue weighted by atomic mass is 10.1. The molecule has 5 nitrogen and oxygen atoms in total. The number of nitrogens with one attached hydrogen (secondary N) is 1. The Bertz CT molecular complexity index is 985. The highest BCUT2D eigenvalue weighted by Gasteiger charge is 2.33. The van der Waals surface area contributed by atoms with Crippen molar-refractivity contribution in [2.24, 2.45) is 0 Å². The molecule has 146 valence electrons. The van der Waals surface area contributed by atoms with Crippen LogP contribution in [0.4, 0.5) is 18.9 Å². The summed E-state index contributed by atoms with van der Waals surface area (Å²) in [5.41, 5.74) is 0.852. The molecule has 1 aromatic heterocycles. The number of carbonyl (C=O) groups excluding carboxylic acids is 1. The molecule has 0 spiro atoms. The summed E-state index contributed by atoms with van der Waals surface area (Å²) in [4.78, 5) is 12.0. The molecule has 0 aliphatic heterocycles. The summed E-state index contributed by atoms with van der Waals surface area (Å²) in [7, 11) is 0. The summed E-state index contributed by atoms with van der Waals surface area (Å²) in [5, 5.41) is 9.81. The number of alkyl halides is 3. The van der Waals surface area contributed by atoms with E-state index in [0.717, 1.165) is 23.3 Å². The molecule has 1 N–H and O–H groups in total. The highest BCUT2D eigenvalue weighted by atomic mass is 35.5. The van der Waals surface area contributed by atoms with E-state index in [1.807, 2.05) is 31.2 Å². The maximum Gasteiger partial charge on any atom is 0.417 e. The quantitative estimate of drug-likeness (QED) is 0.621. The van der Waals surface area contributed by atoms with Gasteiger partial charge >= 0.3 is 6.18 Å². The molecule has 0 bridgehead atoms. The van der Waals surface area contributed by atoms with Gasteiger partial charge in [0.25, 0.3) is 0 Å². The van der Waals surface area contributed by atoms with Crippen molar-refractivity contribution >= 4 is 23.2 Å². The summed E-state index contributed by atoms with van der Waals surface area (Å²) < 4.78 is 44.1. The molecule has 0 aliphatic rings. The van der Waals surface area contributed by atoms with E-state index in [-0.39, 0.29) is 24.4 Å². The number of anilines is 1. The van der Waals surface area contributed by atoms with Crippen LogP contribution in [-0.4, -0.2) is 16.1 Å². The van der Waals surface area contributed by atoms with E-state index in [1.54, 1.807) is 0 Å². The Morgan fingerprint density at radius 2 is 1.86 bits per heavy atom. The normalized spacial score (nSPS) is 11.5. The van der Waals surface area contributed by atoms with Gasteiger partial charge in [0, 0.05) is 24.1 Å². The number of amides is 1. The smallest absolute Gasteiger partial charge is 0.417 e. The van der Waals surface area contributed by atoms with Crippen LogP contribution in [0.1, 0.15) is 23.4 Å². The molecule has 0 unspecified atom stereocenters. The SMILES string of the molecule is Cc1ccc(-c2nnc(CCC(=O)Nc3ccc(Cl)c(C(F)(F)F)c3)o2)cc1. The van der Waals surface area contributed by atoms with E-state index in [4.69, 9.17) is 16.0 Å². The van der Waals surface area contributed by atoms with Gasteiger partial charge in [-0.2, -0.15) is 13.2 Å². The van der Waals surface area contributed by atoms with Gasteiger partial charge in [0.2, 0.25) is 17.7 Å². The number of hydrogen-bond acceptors (Lipinski definition) is 4. The first-order valence-electron chi connectivity index (χ1n) is 8.28.